The van der Waals surface area contributed by atoms with Gasteiger partial charge in [-0.1, -0.05) is 0 Å². The third-order valence-electron chi connectivity index (χ3n) is 2.37. The summed E-state index contributed by atoms with van der Waals surface area (Å²) in [6.45, 7) is 0. The van der Waals surface area contributed by atoms with Crippen molar-refractivity contribution in [3.63, 3.8) is 0 Å². The molecule has 0 saturated heterocycles. The van der Waals surface area contributed by atoms with Gasteiger partial charge in [0.1, 0.15) is 5.75 Å². The Morgan fingerprint density at radius 3 is 2.61 bits per heavy atom. The van der Waals surface area contributed by atoms with E-state index in [9.17, 15) is 13.2 Å². The average Bonchev–Trinajstić information content (AvgIpc) is 2.98. The van der Waals surface area contributed by atoms with Crippen LogP contribution in [0.4, 0.5) is 5.69 Å². The van der Waals surface area contributed by atoms with Crippen LogP contribution in [-0.2, 0) is 10.0 Å². The van der Waals surface area contributed by atoms with Gasteiger partial charge in [-0.15, -0.1) is 0 Å². The second-order valence-corrected chi connectivity index (χ2v) is 6.02. The Morgan fingerprint density at radius 1 is 1.44 bits per heavy atom. The van der Waals surface area contributed by atoms with Gasteiger partial charge in [0.05, 0.1) is 23.6 Å². The molecule has 1 aliphatic rings. The molecule has 98 valence electrons. The molecule has 0 aliphatic heterocycles. The van der Waals surface area contributed by atoms with Crippen LogP contribution >= 0.6 is 0 Å². The minimum absolute atomic E-state index is 0.0941. The number of sulfonamides is 1. The van der Waals surface area contributed by atoms with Gasteiger partial charge in [-0.3, -0.25) is 9.52 Å². The minimum Gasteiger partial charge on any atom is -0.490 e. The molecule has 1 amide bonds. The highest BCUT2D eigenvalue weighted by molar-refractivity contribution is 7.92. The molecule has 0 radical (unpaired) electrons. The van der Waals surface area contributed by atoms with Crippen LogP contribution in [0.1, 0.15) is 23.2 Å². The zero-order valence-corrected chi connectivity index (χ0v) is 10.7. The zero-order chi connectivity index (χ0) is 13.3. The molecule has 7 heteroatoms. The number of carbonyl (C=O) groups excluding carboxylic acids is 1. The molecule has 0 aromatic heterocycles. The fourth-order valence-electron chi connectivity index (χ4n) is 1.47. The van der Waals surface area contributed by atoms with Gasteiger partial charge < -0.3 is 10.5 Å². The van der Waals surface area contributed by atoms with Crippen LogP contribution in [0.15, 0.2) is 18.2 Å². The molecule has 1 saturated carbocycles. The number of anilines is 1. The van der Waals surface area contributed by atoms with Crippen LogP contribution in [0.2, 0.25) is 0 Å². The van der Waals surface area contributed by atoms with Gasteiger partial charge in [0.2, 0.25) is 10.0 Å². The Bertz CT molecular complexity index is 579. The summed E-state index contributed by atoms with van der Waals surface area (Å²) in [5.41, 5.74) is 5.83. The van der Waals surface area contributed by atoms with Crippen molar-refractivity contribution in [2.75, 3.05) is 11.0 Å². The Kier molecular flexibility index (Phi) is 3.16. The summed E-state index contributed by atoms with van der Waals surface area (Å²) in [6, 6.07) is 4.40. The molecular weight excluding hydrogens is 256 g/mol. The number of nitrogens with two attached hydrogens (primary N) is 1. The summed E-state index contributed by atoms with van der Waals surface area (Å²) in [6.07, 6.45) is 3.01. The van der Waals surface area contributed by atoms with E-state index in [0.29, 0.717) is 11.4 Å². The van der Waals surface area contributed by atoms with Crippen molar-refractivity contribution in [2.24, 2.45) is 5.73 Å². The molecule has 2 rings (SSSR count). The fraction of sp³-hybridized carbons (Fsp3) is 0.364. The highest BCUT2D eigenvalue weighted by Gasteiger charge is 2.25. The highest BCUT2D eigenvalue weighted by Crippen LogP contribution is 2.31. The maximum absolute atomic E-state index is 11.2. The van der Waals surface area contributed by atoms with E-state index in [2.05, 4.69) is 4.72 Å². The lowest BCUT2D eigenvalue weighted by Crippen LogP contribution is -2.15. The van der Waals surface area contributed by atoms with E-state index in [0.717, 1.165) is 19.1 Å². The minimum atomic E-state index is -3.36. The van der Waals surface area contributed by atoms with Crippen LogP contribution in [0, 0.1) is 0 Å². The molecule has 0 unspecified atom stereocenters. The molecule has 1 aromatic carbocycles. The van der Waals surface area contributed by atoms with E-state index >= 15 is 0 Å². The molecule has 0 spiro atoms. The number of carbonyl (C=O) groups is 1. The Labute approximate surface area is 105 Å². The molecule has 1 fully saturated rings. The van der Waals surface area contributed by atoms with Crippen molar-refractivity contribution in [1.29, 1.82) is 0 Å². The quantitative estimate of drug-likeness (QED) is 0.822. The van der Waals surface area contributed by atoms with E-state index in [4.69, 9.17) is 10.5 Å². The van der Waals surface area contributed by atoms with E-state index < -0.39 is 15.9 Å². The van der Waals surface area contributed by atoms with Gasteiger partial charge in [-0.2, -0.15) is 0 Å². The van der Waals surface area contributed by atoms with Crippen molar-refractivity contribution in [3.8, 4) is 5.75 Å². The third-order valence-corrected chi connectivity index (χ3v) is 2.97. The number of hydrogen-bond acceptors (Lipinski definition) is 4. The van der Waals surface area contributed by atoms with E-state index in [1.807, 2.05) is 0 Å². The smallest absolute Gasteiger partial charge is 0.252 e. The molecule has 1 aromatic rings. The molecule has 0 atom stereocenters. The second-order valence-electron chi connectivity index (χ2n) is 4.27. The SMILES string of the molecule is CS(=O)(=O)Nc1ccc(C(N)=O)c(OC2CC2)c1. The van der Waals surface area contributed by atoms with Crippen molar-refractivity contribution in [3.05, 3.63) is 23.8 Å². The monoisotopic (exact) mass is 270 g/mol. The molecule has 6 nitrogen and oxygen atoms in total. The number of benzene rings is 1. The highest BCUT2D eigenvalue weighted by atomic mass is 32.2. The summed E-state index contributed by atoms with van der Waals surface area (Å²) >= 11 is 0. The maximum atomic E-state index is 11.2. The van der Waals surface area contributed by atoms with Crippen molar-refractivity contribution in [1.82, 2.24) is 0 Å². The normalized spacial score (nSPS) is 15.2. The second kappa shape index (κ2) is 4.49. The predicted molar refractivity (Wildman–Crippen MR) is 67.1 cm³/mol. The molecule has 18 heavy (non-hydrogen) atoms. The van der Waals surface area contributed by atoms with Gasteiger partial charge in [-0.25, -0.2) is 8.42 Å². The lowest BCUT2D eigenvalue weighted by atomic mass is 10.1. The summed E-state index contributed by atoms with van der Waals surface area (Å²) < 4.78 is 30.1. The number of hydrogen-bond donors (Lipinski definition) is 2. The van der Waals surface area contributed by atoms with Crippen molar-refractivity contribution in [2.45, 2.75) is 18.9 Å². The molecular formula is C11H14N2O4S. The first kappa shape index (κ1) is 12.7. The van der Waals surface area contributed by atoms with Crippen LogP contribution in [0.5, 0.6) is 5.75 Å². The number of nitrogens with one attached hydrogen (secondary N) is 1. The van der Waals surface area contributed by atoms with E-state index in [-0.39, 0.29) is 11.7 Å². The zero-order valence-electron chi connectivity index (χ0n) is 9.84. The largest absolute Gasteiger partial charge is 0.490 e. The topological polar surface area (TPSA) is 98.5 Å². The first-order chi connectivity index (χ1) is 8.35. The predicted octanol–water partition coefficient (Wildman–Crippen LogP) is 0.698. The fourth-order valence-corrected chi connectivity index (χ4v) is 2.02. The molecule has 0 heterocycles. The summed E-state index contributed by atoms with van der Waals surface area (Å²) in [5.74, 6) is -0.282. The van der Waals surface area contributed by atoms with Crippen LogP contribution in [0.3, 0.4) is 0 Å². The van der Waals surface area contributed by atoms with E-state index in [1.165, 1.54) is 18.2 Å². The van der Waals surface area contributed by atoms with Crippen LogP contribution in [-0.4, -0.2) is 26.7 Å². The first-order valence-electron chi connectivity index (χ1n) is 5.43. The molecule has 1 aliphatic carbocycles. The van der Waals surface area contributed by atoms with Crippen LogP contribution in [0.25, 0.3) is 0 Å². The Hall–Kier alpha value is -1.76. The number of amides is 1. The standard InChI is InChI=1S/C11H14N2O4S/c1-18(15,16)13-7-2-5-9(11(12)14)10(6-7)17-8-3-4-8/h2,5-6,8,13H,3-4H2,1H3,(H2,12,14). The average molecular weight is 270 g/mol. The van der Waals surface area contributed by atoms with Gasteiger partial charge >= 0.3 is 0 Å². The Morgan fingerprint density at radius 2 is 2.11 bits per heavy atom. The van der Waals surface area contributed by atoms with Gasteiger partial charge in [0.15, 0.2) is 0 Å². The lowest BCUT2D eigenvalue weighted by Gasteiger charge is -2.11. The number of ether oxygens (including phenoxy) is 1. The number of primary amides is 1. The molecule has 3 N–H and O–H groups in total. The molecule has 0 bridgehead atoms. The lowest BCUT2D eigenvalue weighted by molar-refractivity contribution is 0.0996. The van der Waals surface area contributed by atoms with Crippen molar-refractivity contribution >= 4 is 21.6 Å². The summed E-state index contributed by atoms with van der Waals surface area (Å²) in [7, 11) is -3.36. The van der Waals surface area contributed by atoms with Crippen LogP contribution < -0.4 is 15.2 Å². The third kappa shape index (κ3) is 3.36. The Balaban J connectivity index is 2.31. The number of rotatable bonds is 5. The van der Waals surface area contributed by atoms with Crippen molar-refractivity contribution < 1.29 is 17.9 Å². The first-order valence-corrected chi connectivity index (χ1v) is 7.32. The van der Waals surface area contributed by atoms with Gasteiger partial charge in [-0.05, 0) is 25.0 Å². The van der Waals surface area contributed by atoms with Gasteiger partial charge in [0.25, 0.3) is 5.91 Å². The van der Waals surface area contributed by atoms with Gasteiger partial charge in [0, 0.05) is 6.07 Å². The van der Waals surface area contributed by atoms with E-state index in [1.54, 1.807) is 0 Å². The summed E-state index contributed by atoms with van der Waals surface area (Å²) in [5, 5.41) is 0. The maximum Gasteiger partial charge on any atom is 0.252 e. The summed E-state index contributed by atoms with van der Waals surface area (Å²) in [4.78, 5) is 11.2.